The quantitative estimate of drug-likeness (QED) is 0.449. The van der Waals surface area contributed by atoms with Crippen molar-refractivity contribution >= 4 is 41.2 Å². The number of primary amides is 1. The number of piperidine rings is 2. The number of carbonyl (C=O) groups excluding carboxylic acids is 5. The second-order valence-electron chi connectivity index (χ2n) is 12.4. The van der Waals surface area contributed by atoms with E-state index in [1.54, 1.807) is 12.1 Å². The van der Waals surface area contributed by atoms with Gasteiger partial charge in [-0.1, -0.05) is 0 Å². The standard InChI is InChI=1S/C30H34N8O5/c31-26(40)18-10-32-30(33-11-18)36-7-5-17(6-8-36)12-35-13-19-15-37(16-20(19)14-35)21-1-2-22-23(9-21)29(43)38(28(22)42)24-3-4-25(39)34-27(24)41/h1-2,9-11,17,19-20,24H,3-8,12-16H2,(H2,31,40)(H,34,39,41). The molecule has 0 spiro atoms. The third-order valence-electron chi connectivity index (χ3n) is 9.69. The van der Waals surface area contributed by atoms with Crippen molar-refractivity contribution < 1.29 is 24.0 Å². The van der Waals surface area contributed by atoms with Crippen LogP contribution in [0.2, 0.25) is 0 Å². The van der Waals surface area contributed by atoms with Crippen LogP contribution < -0.4 is 20.9 Å². The van der Waals surface area contributed by atoms with Crippen LogP contribution in [0.15, 0.2) is 30.6 Å². The number of hydrogen-bond acceptors (Lipinski definition) is 10. The number of amides is 5. The highest BCUT2D eigenvalue weighted by Crippen LogP contribution is 2.37. The summed E-state index contributed by atoms with van der Waals surface area (Å²) in [5.41, 5.74) is 7.16. The Kier molecular flexibility index (Phi) is 6.83. The molecule has 0 saturated carbocycles. The number of aromatic nitrogens is 2. The number of hydrogen-bond donors (Lipinski definition) is 2. The Morgan fingerprint density at radius 1 is 0.884 bits per heavy atom. The number of nitrogens with two attached hydrogens (primary N) is 1. The normalized spacial score (nSPS) is 26.2. The van der Waals surface area contributed by atoms with E-state index in [2.05, 4.69) is 30.0 Å². The topological polar surface area (TPSA) is 162 Å². The average molecular weight is 587 g/mol. The van der Waals surface area contributed by atoms with Crippen LogP contribution >= 0.6 is 0 Å². The number of anilines is 2. The first-order valence-corrected chi connectivity index (χ1v) is 14.9. The molecule has 0 bridgehead atoms. The van der Waals surface area contributed by atoms with Crippen molar-refractivity contribution in [3.05, 3.63) is 47.3 Å². The predicted octanol–water partition coefficient (Wildman–Crippen LogP) is 0.261. The Balaban J connectivity index is 0.922. The van der Waals surface area contributed by atoms with E-state index in [4.69, 9.17) is 5.73 Å². The number of benzene rings is 1. The zero-order valence-corrected chi connectivity index (χ0v) is 23.8. The molecule has 2 aromatic rings. The molecule has 4 saturated heterocycles. The lowest BCUT2D eigenvalue weighted by Crippen LogP contribution is -2.54. The fourth-order valence-electron chi connectivity index (χ4n) is 7.40. The Hall–Kier alpha value is -4.39. The van der Waals surface area contributed by atoms with Gasteiger partial charge < -0.3 is 20.4 Å². The molecule has 5 aliphatic rings. The Labute approximate surface area is 248 Å². The van der Waals surface area contributed by atoms with Gasteiger partial charge in [-0.15, -0.1) is 0 Å². The van der Waals surface area contributed by atoms with E-state index < -0.39 is 29.7 Å². The molecule has 1 aromatic heterocycles. The van der Waals surface area contributed by atoms with Crippen molar-refractivity contribution in [2.24, 2.45) is 23.5 Å². The van der Waals surface area contributed by atoms with E-state index in [-0.39, 0.29) is 18.7 Å². The van der Waals surface area contributed by atoms with Crippen LogP contribution in [0, 0.1) is 17.8 Å². The minimum Gasteiger partial charge on any atom is -0.371 e. The molecule has 5 amide bonds. The third-order valence-corrected chi connectivity index (χ3v) is 9.69. The maximum atomic E-state index is 13.3. The summed E-state index contributed by atoms with van der Waals surface area (Å²) in [6, 6.07) is 4.43. The van der Waals surface area contributed by atoms with Crippen molar-refractivity contribution in [2.75, 3.05) is 55.6 Å². The van der Waals surface area contributed by atoms with Crippen LogP contribution in [0.25, 0.3) is 0 Å². The summed E-state index contributed by atoms with van der Waals surface area (Å²) in [7, 11) is 0. The summed E-state index contributed by atoms with van der Waals surface area (Å²) in [6.45, 7) is 6.74. The largest absolute Gasteiger partial charge is 0.371 e. The first kappa shape index (κ1) is 27.4. The zero-order chi connectivity index (χ0) is 29.8. The van der Waals surface area contributed by atoms with E-state index in [1.165, 1.54) is 12.4 Å². The van der Waals surface area contributed by atoms with Gasteiger partial charge in [-0.05, 0) is 55.2 Å². The second-order valence-corrected chi connectivity index (χ2v) is 12.4. The van der Waals surface area contributed by atoms with Gasteiger partial charge in [0.05, 0.1) is 16.7 Å². The molecule has 4 fully saturated rings. The van der Waals surface area contributed by atoms with E-state index >= 15 is 0 Å². The molecular weight excluding hydrogens is 552 g/mol. The molecule has 13 heteroatoms. The molecule has 0 radical (unpaired) electrons. The number of carbonyl (C=O) groups is 5. The Morgan fingerprint density at radius 2 is 1.56 bits per heavy atom. The van der Waals surface area contributed by atoms with E-state index in [1.807, 2.05) is 6.07 Å². The van der Waals surface area contributed by atoms with Crippen LogP contribution in [0.5, 0.6) is 0 Å². The first-order chi connectivity index (χ1) is 20.7. The number of nitrogens with one attached hydrogen (secondary N) is 1. The smallest absolute Gasteiger partial charge is 0.262 e. The number of likely N-dealkylation sites (tertiary alicyclic amines) is 1. The third kappa shape index (κ3) is 5.01. The molecule has 224 valence electrons. The summed E-state index contributed by atoms with van der Waals surface area (Å²) in [5.74, 6) is -0.115. The molecule has 3 N–H and O–H groups in total. The second kappa shape index (κ2) is 10.7. The lowest BCUT2D eigenvalue weighted by atomic mass is 9.96. The van der Waals surface area contributed by atoms with Gasteiger partial charge in [-0.2, -0.15) is 0 Å². The molecule has 3 atom stereocenters. The highest BCUT2D eigenvalue weighted by atomic mass is 16.2. The van der Waals surface area contributed by atoms with Gasteiger partial charge in [0.15, 0.2) is 0 Å². The molecule has 1 aromatic carbocycles. The summed E-state index contributed by atoms with van der Waals surface area (Å²) in [4.78, 5) is 78.2. The summed E-state index contributed by atoms with van der Waals surface area (Å²) < 4.78 is 0. The van der Waals surface area contributed by atoms with Gasteiger partial charge >= 0.3 is 0 Å². The lowest BCUT2D eigenvalue weighted by Gasteiger charge is -2.34. The van der Waals surface area contributed by atoms with Crippen molar-refractivity contribution in [3.8, 4) is 0 Å². The van der Waals surface area contributed by atoms with Crippen LogP contribution in [0.3, 0.4) is 0 Å². The van der Waals surface area contributed by atoms with Crippen molar-refractivity contribution in [1.29, 1.82) is 0 Å². The van der Waals surface area contributed by atoms with Crippen molar-refractivity contribution in [3.63, 3.8) is 0 Å². The molecule has 7 rings (SSSR count). The average Bonchev–Trinajstić information content (AvgIpc) is 3.64. The maximum Gasteiger partial charge on any atom is 0.262 e. The fraction of sp³-hybridized carbons (Fsp3) is 0.500. The summed E-state index contributed by atoms with van der Waals surface area (Å²) in [6.07, 6.45) is 5.35. The first-order valence-electron chi connectivity index (χ1n) is 14.9. The minimum atomic E-state index is -0.957. The highest BCUT2D eigenvalue weighted by molar-refractivity contribution is 6.23. The SMILES string of the molecule is NC(=O)c1cnc(N2CCC(CN3CC4CN(c5ccc6c(c5)C(=O)N(C5CCC(=O)NC5=O)C6=O)CC4C3)CC2)nc1. The maximum absolute atomic E-state index is 13.3. The molecule has 3 unspecified atom stereocenters. The zero-order valence-electron chi connectivity index (χ0n) is 23.8. The van der Waals surface area contributed by atoms with Gasteiger partial charge in [0.2, 0.25) is 17.8 Å². The van der Waals surface area contributed by atoms with E-state index in [9.17, 15) is 24.0 Å². The molecule has 6 heterocycles. The van der Waals surface area contributed by atoms with Crippen LogP contribution in [-0.2, 0) is 9.59 Å². The van der Waals surface area contributed by atoms with Gasteiger partial charge in [0, 0.05) is 70.3 Å². The molecule has 5 aliphatic heterocycles. The lowest BCUT2D eigenvalue weighted by molar-refractivity contribution is -0.136. The monoisotopic (exact) mass is 586 g/mol. The Bertz CT molecular complexity index is 1490. The highest BCUT2D eigenvalue weighted by Gasteiger charge is 2.46. The van der Waals surface area contributed by atoms with Crippen LogP contribution in [0.1, 0.15) is 56.8 Å². The van der Waals surface area contributed by atoms with E-state index in [0.717, 1.165) is 69.2 Å². The molecular formula is C30H34N8O5. The molecule has 13 nitrogen and oxygen atoms in total. The van der Waals surface area contributed by atoms with Crippen molar-refractivity contribution in [2.45, 2.75) is 31.7 Å². The van der Waals surface area contributed by atoms with Gasteiger partial charge in [0.25, 0.3) is 17.7 Å². The van der Waals surface area contributed by atoms with Gasteiger partial charge in [-0.3, -0.25) is 34.2 Å². The summed E-state index contributed by atoms with van der Waals surface area (Å²) in [5, 5.41) is 2.24. The van der Waals surface area contributed by atoms with Gasteiger partial charge in [-0.25, -0.2) is 9.97 Å². The van der Waals surface area contributed by atoms with Crippen LogP contribution in [-0.4, -0.2) is 101 Å². The minimum absolute atomic E-state index is 0.102. The Morgan fingerprint density at radius 3 is 2.21 bits per heavy atom. The number of rotatable bonds is 6. The van der Waals surface area contributed by atoms with Crippen LogP contribution in [0.4, 0.5) is 11.6 Å². The van der Waals surface area contributed by atoms with Gasteiger partial charge in [0.1, 0.15) is 6.04 Å². The molecule has 43 heavy (non-hydrogen) atoms. The number of imide groups is 2. The fourth-order valence-corrected chi connectivity index (χ4v) is 7.40. The predicted molar refractivity (Wildman–Crippen MR) is 154 cm³/mol. The molecule has 0 aliphatic carbocycles. The summed E-state index contributed by atoms with van der Waals surface area (Å²) >= 11 is 0. The van der Waals surface area contributed by atoms with E-state index in [0.29, 0.717) is 40.4 Å². The number of fused-ring (bicyclic) bond motifs is 2. The van der Waals surface area contributed by atoms with Crippen molar-refractivity contribution in [1.82, 2.24) is 25.1 Å². The number of nitrogens with zero attached hydrogens (tertiary/aromatic N) is 6.